The van der Waals surface area contributed by atoms with Crippen LogP contribution in [0.5, 0.6) is 0 Å². The lowest BCUT2D eigenvalue weighted by atomic mass is 10.1. The lowest BCUT2D eigenvalue weighted by Gasteiger charge is -2.37. The highest BCUT2D eigenvalue weighted by Gasteiger charge is 2.31. The lowest BCUT2D eigenvalue weighted by molar-refractivity contribution is -0.123. The zero-order valence-corrected chi connectivity index (χ0v) is 8.40. The van der Waals surface area contributed by atoms with Gasteiger partial charge >= 0.3 is 12.2 Å². The first-order chi connectivity index (χ1) is 6.94. The van der Waals surface area contributed by atoms with Crippen molar-refractivity contribution in [2.24, 2.45) is 0 Å². The van der Waals surface area contributed by atoms with E-state index in [-0.39, 0.29) is 6.04 Å². The molecule has 0 bridgehead atoms. The van der Waals surface area contributed by atoms with Gasteiger partial charge in [-0.25, -0.2) is 4.79 Å². The van der Waals surface area contributed by atoms with Gasteiger partial charge in [0.1, 0.15) is 6.54 Å². The highest BCUT2D eigenvalue weighted by atomic mass is 19.4. The Kier molecular flexibility index (Phi) is 3.78. The molecule has 1 aliphatic rings. The summed E-state index contributed by atoms with van der Waals surface area (Å²) in [5, 5.41) is 4.82. The van der Waals surface area contributed by atoms with Crippen LogP contribution in [-0.4, -0.2) is 49.3 Å². The zero-order chi connectivity index (χ0) is 11.5. The van der Waals surface area contributed by atoms with Gasteiger partial charge in [0.2, 0.25) is 0 Å². The summed E-state index contributed by atoms with van der Waals surface area (Å²) in [6.07, 6.45) is -4.35. The molecule has 7 heteroatoms. The second kappa shape index (κ2) is 4.69. The molecule has 2 N–H and O–H groups in total. The summed E-state index contributed by atoms with van der Waals surface area (Å²) in [6.45, 7) is 2.17. The molecule has 0 unspecified atom stereocenters. The van der Waals surface area contributed by atoms with Gasteiger partial charge in [-0.3, -0.25) is 0 Å². The summed E-state index contributed by atoms with van der Waals surface area (Å²) in [7, 11) is 0. The molecule has 1 heterocycles. The molecule has 15 heavy (non-hydrogen) atoms. The van der Waals surface area contributed by atoms with E-state index in [1.54, 1.807) is 6.92 Å². The minimum atomic E-state index is -4.35. The SMILES string of the molecule is CCN(C(=O)NCC(F)(F)F)C1CNC1. The number of rotatable bonds is 3. The molecular formula is C8H14F3N3O. The van der Waals surface area contributed by atoms with E-state index in [9.17, 15) is 18.0 Å². The third-order valence-corrected chi connectivity index (χ3v) is 2.24. The first-order valence-electron chi connectivity index (χ1n) is 4.76. The van der Waals surface area contributed by atoms with Crippen molar-refractivity contribution in [2.45, 2.75) is 19.1 Å². The molecule has 0 aromatic carbocycles. The maximum atomic E-state index is 11.8. The van der Waals surface area contributed by atoms with Crippen LogP contribution < -0.4 is 10.6 Å². The number of urea groups is 1. The fourth-order valence-corrected chi connectivity index (χ4v) is 1.34. The number of hydrogen-bond acceptors (Lipinski definition) is 2. The fraction of sp³-hybridized carbons (Fsp3) is 0.875. The molecule has 0 atom stereocenters. The molecular weight excluding hydrogens is 211 g/mol. The third kappa shape index (κ3) is 3.58. The molecule has 0 aliphatic carbocycles. The summed E-state index contributed by atoms with van der Waals surface area (Å²) in [4.78, 5) is 12.7. The van der Waals surface area contributed by atoms with Crippen LogP contribution in [0.25, 0.3) is 0 Å². The second-order valence-electron chi connectivity index (χ2n) is 3.37. The van der Waals surface area contributed by atoms with Crippen LogP contribution in [0.15, 0.2) is 0 Å². The van der Waals surface area contributed by atoms with Crippen molar-refractivity contribution in [1.29, 1.82) is 0 Å². The van der Waals surface area contributed by atoms with Gasteiger partial charge in [-0.2, -0.15) is 13.2 Å². The van der Waals surface area contributed by atoms with Crippen molar-refractivity contribution in [2.75, 3.05) is 26.2 Å². The van der Waals surface area contributed by atoms with Gasteiger partial charge in [0.25, 0.3) is 0 Å². The normalized spacial score (nSPS) is 17.1. The van der Waals surface area contributed by atoms with Gasteiger partial charge in [0.15, 0.2) is 0 Å². The second-order valence-corrected chi connectivity index (χ2v) is 3.37. The Hall–Kier alpha value is -0.980. The number of alkyl halides is 3. The molecule has 0 saturated carbocycles. The zero-order valence-electron chi connectivity index (χ0n) is 8.40. The minimum absolute atomic E-state index is 0.0169. The molecule has 1 rings (SSSR count). The average Bonchev–Trinajstić information content (AvgIpc) is 2.05. The van der Waals surface area contributed by atoms with Crippen molar-refractivity contribution >= 4 is 6.03 Å². The van der Waals surface area contributed by atoms with Gasteiger partial charge in [0.05, 0.1) is 6.04 Å². The van der Waals surface area contributed by atoms with Crippen LogP contribution in [-0.2, 0) is 0 Å². The fourth-order valence-electron chi connectivity index (χ4n) is 1.34. The highest BCUT2D eigenvalue weighted by molar-refractivity contribution is 5.74. The Balaban J connectivity index is 2.36. The van der Waals surface area contributed by atoms with Crippen molar-refractivity contribution in [3.05, 3.63) is 0 Å². The lowest BCUT2D eigenvalue weighted by Crippen LogP contribution is -2.61. The number of likely N-dealkylation sites (N-methyl/N-ethyl adjacent to an activating group) is 1. The molecule has 0 spiro atoms. The topological polar surface area (TPSA) is 44.4 Å². The summed E-state index contributed by atoms with van der Waals surface area (Å²) >= 11 is 0. The molecule has 1 aliphatic heterocycles. The quantitative estimate of drug-likeness (QED) is 0.736. The molecule has 0 aromatic rings. The van der Waals surface area contributed by atoms with Crippen LogP contribution in [0.2, 0.25) is 0 Å². The molecule has 88 valence electrons. The number of nitrogens with zero attached hydrogens (tertiary/aromatic N) is 1. The Morgan fingerprint density at radius 3 is 2.47 bits per heavy atom. The van der Waals surface area contributed by atoms with E-state index in [4.69, 9.17) is 0 Å². The van der Waals surface area contributed by atoms with Crippen molar-refractivity contribution in [3.8, 4) is 0 Å². The number of carbonyl (C=O) groups excluding carboxylic acids is 1. The van der Waals surface area contributed by atoms with E-state index in [2.05, 4.69) is 5.32 Å². The van der Waals surface area contributed by atoms with Crippen LogP contribution in [0.4, 0.5) is 18.0 Å². The predicted octanol–water partition coefficient (Wildman–Crippen LogP) is 0.552. The maximum absolute atomic E-state index is 11.8. The molecule has 2 amide bonds. The first-order valence-corrected chi connectivity index (χ1v) is 4.76. The Bertz CT molecular complexity index is 228. The van der Waals surface area contributed by atoms with Crippen molar-refractivity contribution in [1.82, 2.24) is 15.5 Å². The molecule has 0 radical (unpaired) electrons. The van der Waals surface area contributed by atoms with Crippen LogP contribution in [0.3, 0.4) is 0 Å². The van der Waals surface area contributed by atoms with E-state index < -0.39 is 18.8 Å². The smallest absolute Gasteiger partial charge is 0.329 e. The van der Waals surface area contributed by atoms with E-state index in [0.717, 1.165) is 0 Å². The van der Waals surface area contributed by atoms with E-state index in [1.165, 1.54) is 4.90 Å². The molecule has 0 aromatic heterocycles. The first kappa shape index (κ1) is 12.1. The van der Waals surface area contributed by atoms with Gasteiger partial charge in [-0.15, -0.1) is 0 Å². The molecule has 4 nitrogen and oxygen atoms in total. The van der Waals surface area contributed by atoms with Gasteiger partial charge in [-0.05, 0) is 6.92 Å². The summed E-state index contributed by atoms with van der Waals surface area (Å²) < 4.78 is 35.5. The average molecular weight is 225 g/mol. The van der Waals surface area contributed by atoms with Crippen LogP contribution in [0, 0.1) is 0 Å². The third-order valence-electron chi connectivity index (χ3n) is 2.24. The Morgan fingerprint density at radius 1 is 1.53 bits per heavy atom. The minimum Gasteiger partial charge on any atom is -0.329 e. The van der Waals surface area contributed by atoms with E-state index in [1.807, 2.05) is 5.32 Å². The largest absolute Gasteiger partial charge is 0.405 e. The molecule has 1 fully saturated rings. The van der Waals surface area contributed by atoms with E-state index >= 15 is 0 Å². The van der Waals surface area contributed by atoms with Crippen molar-refractivity contribution < 1.29 is 18.0 Å². The highest BCUT2D eigenvalue weighted by Crippen LogP contribution is 2.13. The van der Waals surface area contributed by atoms with Crippen LogP contribution >= 0.6 is 0 Å². The maximum Gasteiger partial charge on any atom is 0.405 e. The number of halogens is 3. The Morgan fingerprint density at radius 2 is 2.13 bits per heavy atom. The number of carbonyl (C=O) groups is 1. The van der Waals surface area contributed by atoms with Gasteiger partial charge < -0.3 is 15.5 Å². The summed E-state index contributed by atoms with van der Waals surface area (Å²) in [6, 6.07) is -0.635. The summed E-state index contributed by atoms with van der Waals surface area (Å²) in [5.41, 5.74) is 0. The number of hydrogen-bond donors (Lipinski definition) is 2. The monoisotopic (exact) mass is 225 g/mol. The van der Waals surface area contributed by atoms with Crippen LogP contribution in [0.1, 0.15) is 6.92 Å². The number of nitrogens with one attached hydrogen (secondary N) is 2. The number of amides is 2. The van der Waals surface area contributed by atoms with Gasteiger partial charge in [0, 0.05) is 19.6 Å². The predicted molar refractivity (Wildman–Crippen MR) is 48.5 cm³/mol. The standard InChI is InChI=1S/C8H14F3N3O/c1-2-14(6-3-12-4-6)7(15)13-5-8(9,10)11/h6,12H,2-5H2,1H3,(H,13,15). The molecule has 1 saturated heterocycles. The summed E-state index contributed by atoms with van der Waals surface area (Å²) in [5.74, 6) is 0. The van der Waals surface area contributed by atoms with Gasteiger partial charge in [-0.1, -0.05) is 0 Å². The van der Waals surface area contributed by atoms with Crippen molar-refractivity contribution in [3.63, 3.8) is 0 Å². The Labute approximate surface area is 85.8 Å². The van der Waals surface area contributed by atoms with E-state index in [0.29, 0.717) is 19.6 Å².